The lowest BCUT2D eigenvalue weighted by Crippen LogP contribution is -2.30. The Kier molecular flexibility index (Phi) is 4.63. The minimum absolute atomic E-state index is 0.00292. The van der Waals surface area contributed by atoms with Gasteiger partial charge in [-0.05, 0) is 26.3 Å². The van der Waals surface area contributed by atoms with E-state index in [1.807, 2.05) is 20.8 Å². The molecule has 10 heavy (non-hydrogen) atoms. The van der Waals surface area contributed by atoms with Gasteiger partial charge in [0, 0.05) is 6.04 Å². The lowest BCUT2D eigenvalue weighted by atomic mass is 10.2. The maximum absolute atomic E-state index is 10.8. The first kappa shape index (κ1) is 9.21. The molecule has 58 valence electrons. The number of nitrogens with one attached hydrogen (secondary N) is 1. The molecule has 1 atom stereocenters. The van der Waals surface area contributed by atoms with Crippen molar-refractivity contribution in [2.75, 3.05) is 0 Å². The van der Waals surface area contributed by atoms with Gasteiger partial charge in [0.15, 0.2) is 0 Å². The molecular weight excluding hydrogens is 126 g/mol. The van der Waals surface area contributed by atoms with Crippen molar-refractivity contribution in [2.45, 2.75) is 33.2 Å². The predicted molar refractivity (Wildman–Crippen MR) is 42.7 cm³/mol. The van der Waals surface area contributed by atoms with E-state index >= 15 is 0 Å². The van der Waals surface area contributed by atoms with Gasteiger partial charge in [0.1, 0.15) is 0 Å². The Bertz CT molecular complexity index is 129. The van der Waals surface area contributed by atoms with Crippen molar-refractivity contribution in [2.24, 2.45) is 0 Å². The third-order valence-electron chi connectivity index (χ3n) is 1.32. The number of carbonyl (C=O) groups excluding carboxylic acids is 1. The second-order valence-corrected chi connectivity index (χ2v) is 2.32. The Balaban J connectivity index is 3.57. The summed E-state index contributed by atoms with van der Waals surface area (Å²) in [5, 5.41) is 2.80. The van der Waals surface area contributed by atoms with Gasteiger partial charge in [-0.15, -0.1) is 0 Å². The summed E-state index contributed by atoms with van der Waals surface area (Å²) in [7, 11) is 0. The predicted octanol–water partition coefficient (Wildman–Crippen LogP) is 1.48. The van der Waals surface area contributed by atoms with Crippen LogP contribution in [0.15, 0.2) is 12.2 Å². The van der Waals surface area contributed by atoms with Crippen molar-refractivity contribution in [1.29, 1.82) is 0 Å². The van der Waals surface area contributed by atoms with E-state index in [9.17, 15) is 4.79 Å². The number of rotatable bonds is 3. The van der Waals surface area contributed by atoms with E-state index < -0.39 is 0 Å². The minimum atomic E-state index is -0.00292. The average Bonchev–Trinajstić information content (AvgIpc) is 1.88. The van der Waals surface area contributed by atoms with Gasteiger partial charge in [0.25, 0.3) is 0 Å². The third-order valence-corrected chi connectivity index (χ3v) is 1.32. The molecule has 0 rings (SSSR count). The molecule has 0 bridgehead atoms. The SMILES string of the molecule is C/C=C/C(=O)N[C@H](C)CC. The zero-order valence-electron chi connectivity index (χ0n) is 6.85. The highest BCUT2D eigenvalue weighted by Gasteiger charge is 1.99. The lowest BCUT2D eigenvalue weighted by Gasteiger charge is -2.07. The van der Waals surface area contributed by atoms with Crippen molar-refractivity contribution in [3.63, 3.8) is 0 Å². The fraction of sp³-hybridized carbons (Fsp3) is 0.625. The molecule has 2 nitrogen and oxygen atoms in total. The van der Waals surface area contributed by atoms with Crippen LogP contribution in [0.4, 0.5) is 0 Å². The summed E-state index contributed by atoms with van der Waals surface area (Å²) in [5.41, 5.74) is 0. The molecule has 0 saturated heterocycles. The molecule has 2 heteroatoms. The average molecular weight is 141 g/mol. The molecule has 0 aromatic heterocycles. The normalized spacial score (nSPS) is 13.5. The maximum Gasteiger partial charge on any atom is 0.243 e. The van der Waals surface area contributed by atoms with Crippen LogP contribution < -0.4 is 5.32 Å². The Morgan fingerprint density at radius 3 is 2.70 bits per heavy atom. The quantitative estimate of drug-likeness (QED) is 0.592. The summed E-state index contributed by atoms with van der Waals surface area (Å²) < 4.78 is 0. The minimum Gasteiger partial charge on any atom is -0.350 e. The van der Waals surface area contributed by atoms with Crippen LogP contribution in [0.5, 0.6) is 0 Å². The molecule has 0 aliphatic carbocycles. The number of allylic oxidation sites excluding steroid dienone is 1. The number of hydrogen-bond donors (Lipinski definition) is 1. The first-order valence-corrected chi connectivity index (χ1v) is 3.63. The van der Waals surface area contributed by atoms with Crippen molar-refractivity contribution < 1.29 is 4.79 Å². The first-order chi connectivity index (χ1) is 4.70. The van der Waals surface area contributed by atoms with Crippen molar-refractivity contribution in [3.8, 4) is 0 Å². The topological polar surface area (TPSA) is 29.1 Å². The Labute approximate surface area is 62.3 Å². The molecule has 0 aromatic carbocycles. The first-order valence-electron chi connectivity index (χ1n) is 3.63. The van der Waals surface area contributed by atoms with E-state index in [0.717, 1.165) is 6.42 Å². The van der Waals surface area contributed by atoms with Crippen LogP contribution in [0.1, 0.15) is 27.2 Å². The van der Waals surface area contributed by atoms with Crippen LogP contribution in [-0.4, -0.2) is 11.9 Å². The molecule has 1 amide bonds. The van der Waals surface area contributed by atoms with E-state index in [1.54, 1.807) is 6.08 Å². The molecule has 0 aromatic rings. The molecule has 0 fully saturated rings. The molecule has 1 N–H and O–H groups in total. The highest BCUT2D eigenvalue weighted by molar-refractivity contribution is 5.87. The summed E-state index contributed by atoms with van der Waals surface area (Å²) in [5.74, 6) is -0.00292. The highest BCUT2D eigenvalue weighted by atomic mass is 16.1. The summed E-state index contributed by atoms with van der Waals surface area (Å²) >= 11 is 0. The van der Waals surface area contributed by atoms with Gasteiger partial charge in [-0.25, -0.2) is 0 Å². The van der Waals surface area contributed by atoms with E-state index in [-0.39, 0.29) is 11.9 Å². The lowest BCUT2D eigenvalue weighted by molar-refractivity contribution is -0.117. The van der Waals surface area contributed by atoms with Gasteiger partial charge in [0.05, 0.1) is 0 Å². The van der Waals surface area contributed by atoms with Crippen LogP contribution in [0.2, 0.25) is 0 Å². The number of hydrogen-bond acceptors (Lipinski definition) is 1. The fourth-order valence-corrected chi connectivity index (χ4v) is 0.544. The second kappa shape index (κ2) is 5.03. The van der Waals surface area contributed by atoms with Crippen molar-refractivity contribution in [3.05, 3.63) is 12.2 Å². The number of amides is 1. The molecule has 0 unspecified atom stereocenters. The Morgan fingerprint density at radius 2 is 2.30 bits per heavy atom. The van der Waals surface area contributed by atoms with Gasteiger partial charge >= 0.3 is 0 Å². The largest absolute Gasteiger partial charge is 0.350 e. The molecule has 0 spiro atoms. The summed E-state index contributed by atoms with van der Waals surface area (Å²) in [4.78, 5) is 10.8. The van der Waals surface area contributed by atoms with Crippen LogP contribution in [0, 0.1) is 0 Å². The molecule has 0 radical (unpaired) electrons. The molecule has 0 aliphatic heterocycles. The second-order valence-electron chi connectivity index (χ2n) is 2.32. The number of carbonyl (C=O) groups is 1. The fourth-order valence-electron chi connectivity index (χ4n) is 0.544. The zero-order valence-corrected chi connectivity index (χ0v) is 6.85. The van der Waals surface area contributed by atoms with E-state index in [1.165, 1.54) is 6.08 Å². The molecular formula is C8H15NO. The van der Waals surface area contributed by atoms with Crippen molar-refractivity contribution in [1.82, 2.24) is 5.32 Å². The molecule has 0 saturated carbocycles. The van der Waals surface area contributed by atoms with Gasteiger partial charge in [-0.2, -0.15) is 0 Å². The Hall–Kier alpha value is -0.790. The Morgan fingerprint density at radius 1 is 1.70 bits per heavy atom. The van der Waals surface area contributed by atoms with Crippen LogP contribution in [0.25, 0.3) is 0 Å². The van der Waals surface area contributed by atoms with Gasteiger partial charge < -0.3 is 5.32 Å². The van der Waals surface area contributed by atoms with Crippen LogP contribution >= 0.6 is 0 Å². The molecule has 0 heterocycles. The highest BCUT2D eigenvalue weighted by Crippen LogP contribution is 1.87. The maximum atomic E-state index is 10.8. The van der Waals surface area contributed by atoms with E-state index in [4.69, 9.17) is 0 Å². The molecule has 0 aliphatic rings. The zero-order chi connectivity index (χ0) is 7.98. The smallest absolute Gasteiger partial charge is 0.243 e. The summed E-state index contributed by atoms with van der Waals surface area (Å²) in [6.45, 7) is 5.86. The summed E-state index contributed by atoms with van der Waals surface area (Å²) in [6.07, 6.45) is 4.24. The monoisotopic (exact) mass is 141 g/mol. The van der Waals surface area contributed by atoms with E-state index in [2.05, 4.69) is 5.32 Å². The van der Waals surface area contributed by atoms with Crippen LogP contribution in [-0.2, 0) is 4.79 Å². The standard InChI is InChI=1S/C8H15NO/c1-4-6-8(10)9-7(3)5-2/h4,6-7H,5H2,1-3H3,(H,9,10)/b6-4+/t7-/m1/s1. The van der Waals surface area contributed by atoms with Crippen molar-refractivity contribution >= 4 is 5.91 Å². The van der Waals surface area contributed by atoms with Gasteiger partial charge in [-0.1, -0.05) is 13.0 Å². The van der Waals surface area contributed by atoms with Gasteiger partial charge in [0.2, 0.25) is 5.91 Å². The van der Waals surface area contributed by atoms with Crippen LogP contribution in [0.3, 0.4) is 0 Å². The van der Waals surface area contributed by atoms with Gasteiger partial charge in [-0.3, -0.25) is 4.79 Å². The third kappa shape index (κ3) is 4.13. The summed E-state index contributed by atoms with van der Waals surface area (Å²) in [6, 6.07) is 0.281. The van der Waals surface area contributed by atoms with E-state index in [0.29, 0.717) is 0 Å².